The third-order valence-corrected chi connectivity index (χ3v) is 6.46. The van der Waals surface area contributed by atoms with Crippen LogP contribution in [0.5, 0.6) is 0 Å². The highest BCUT2D eigenvalue weighted by atomic mass is 79.9. The van der Waals surface area contributed by atoms with Gasteiger partial charge in [0.25, 0.3) is 10.0 Å². The van der Waals surface area contributed by atoms with Crippen molar-refractivity contribution in [2.24, 2.45) is 0 Å². The molecule has 16 heavy (non-hydrogen) atoms. The van der Waals surface area contributed by atoms with Gasteiger partial charge in [-0.1, -0.05) is 0 Å². The number of rotatable bonds is 2. The van der Waals surface area contributed by atoms with Gasteiger partial charge >= 0.3 is 0 Å². The molecule has 1 fully saturated rings. The van der Waals surface area contributed by atoms with E-state index < -0.39 is 16.1 Å². The first-order valence-electron chi connectivity index (χ1n) is 4.94. The molecule has 0 aliphatic carbocycles. The minimum absolute atomic E-state index is 0.206. The van der Waals surface area contributed by atoms with Crippen molar-refractivity contribution in [2.45, 2.75) is 23.2 Å². The second-order valence-electron chi connectivity index (χ2n) is 3.72. The van der Waals surface area contributed by atoms with Gasteiger partial charge in [0, 0.05) is 13.1 Å². The fourth-order valence-corrected chi connectivity index (χ4v) is 5.38. The summed E-state index contributed by atoms with van der Waals surface area (Å²) in [5.41, 5.74) is 0. The van der Waals surface area contributed by atoms with E-state index in [1.54, 1.807) is 12.1 Å². The Bertz CT molecular complexity index is 471. The molecule has 7 heteroatoms. The van der Waals surface area contributed by atoms with Crippen molar-refractivity contribution >= 4 is 37.3 Å². The van der Waals surface area contributed by atoms with E-state index in [9.17, 15) is 13.5 Å². The van der Waals surface area contributed by atoms with Crippen LogP contribution in [0.3, 0.4) is 0 Å². The Morgan fingerprint density at radius 3 is 2.81 bits per heavy atom. The van der Waals surface area contributed by atoms with Crippen LogP contribution in [0.4, 0.5) is 0 Å². The minimum Gasteiger partial charge on any atom is -0.392 e. The van der Waals surface area contributed by atoms with Crippen molar-refractivity contribution in [3.05, 3.63) is 15.9 Å². The van der Waals surface area contributed by atoms with Gasteiger partial charge in [0.15, 0.2) is 0 Å². The Morgan fingerprint density at radius 2 is 2.25 bits per heavy atom. The molecule has 1 aliphatic rings. The Kier molecular flexibility index (Phi) is 3.70. The van der Waals surface area contributed by atoms with E-state index in [4.69, 9.17) is 0 Å². The maximum atomic E-state index is 12.2. The summed E-state index contributed by atoms with van der Waals surface area (Å²) in [5.74, 6) is 0. The maximum Gasteiger partial charge on any atom is 0.252 e. The van der Waals surface area contributed by atoms with Crippen LogP contribution in [0.15, 0.2) is 20.1 Å². The molecule has 1 atom stereocenters. The molecular formula is C9H12BrNO3S2. The summed E-state index contributed by atoms with van der Waals surface area (Å²) in [7, 11) is -3.41. The molecule has 1 aromatic rings. The number of hydrogen-bond acceptors (Lipinski definition) is 4. The van der Waals surface area contributed by atoms with Crippen LogP contribution < -0.4 is 0 Å². The summed E-state index contributed by atoms with van der Waals surface area (Å²) < 4.78 is 26.8. The van der Waals surface area contributed by atoms with Crippen LogP contribution in [0, 0.1) is 0 Å². The largest absolute Gasteiger partial charge is 0.392 e. The molecule has 1 N–H and O–H groups in total. The quantitative estimate of drug-likeness (QED) is 0.899. The molecule has 0 radical (unpaired) electrons. The van der Waals surface area contributed by atoms with Gasteiger partial charge in [0.2, 0.25) is 0 Å². The van der Waals surface area contributed by atoms with E-state index in [-0.39, 0.29) is 6.54 Å². The highest BCUT2D eigenvalue weighted by molar-refractivity contribution is 9.11. The third kappa shape index (κ3) is 2.48. The zero-order valence-corrected chi connectivity index (χ0v) is 11.7. The van der Waals surface area contributed by atoms with E-state index in [1.807, 2.05) is 0 Å². The first-order valence-corrected chi connectivity index (χ1v) is 7.98. The summed E-state index contributed by atoms with van der Waals surface area (Å²) in [4.78, 5) is 0. The zero-order valence-electron chi connectivity index (χ0n) is 8.47. The Balaban J connectivity index is 2.25. The SMILES string of the molecule is O=S(=O)(c1ccc(Br)s1)N1CCCC(O)C1. The van der Waals surface area contributed by atoms with Gasteiger partial charge in [-0.05, 0) is 40.9 Å². The number of hydrogen-bond donors (Lipinski definition) is 1. The molecule has 0 saturated carbocycles. The van der Waals surface area contributed by atoms with Crippen molar-refractivity contribution < 1.29 is 13.5 Å². The topological polar surface area (TPSA) is 57.6 Å². The van der Waals surface area contributed by atoms with E-state index in [0.29, 0.717) is 23.6 Å². The second kappa shape index (κ2) is 4.73. The Hall–Kier alpha value is 0.0500. The summed E-state index contributed by atoms with van der Waals surface area (Å²) in [6, 6.07) is 3.31. The first kappa shape index (κ1) is 12.5. The fourth-order valence-electron chi connectivity index (χ4n) is 1.70. The van der Waals surface area contributed by atoms with Crippen LogP contribution >= 0.6 is 27.3 Å². The lowest BCUT2D eigenvalue weighted by Gasteiger charge is -2.28. The van der Waals surface area contributed by atoms with Gasteiger partial charge in [0.1, 0.15) is 4.21 Å². The standard InChI is InChI=1S/C9H12BrNO3S2/c10-8-3-4-9(15-8)16(13,14)11-5-1-2-7(12)6-11/h3-4,7,12H,1-2,5-6H2. The monoisotopic (exact) mass is 325 g/mol. The molecule has 1 unspecified atom stereocenters. The molecule has 4 nitrogen and oxygen atoms in total. The maximum absolute atomic E-state index is 12.2. The van der Waals surface area contributed by atoms with Crippen LogP contribution in [0.1, 0.15) is 12.8 Å². The predicted octanol–water partition coefficient (Wildman–Crippen LogP) is 1.66. The van der Waals surface area contributed by atoms with E-state index in [1.165, 1.54) is 15.6 Å². The number of β-amino-alcohol motifs (C(OH)–C–C–N with tert-alkyl or cyclic N) is 1. The van der Waals surface area contributed by atoms with Crippen LogP contribution in [0.25, 0.3) is 0 Å². The van der Waals surface area contributed by atoms with Crippen molar-refractivity contribution in [3.63, 3.8) is 0 Å². The molecule has 90 valence electrons. The van der Waals surface area contributed by atoms with E-state index in [0.717, 1.165) is 3.79 Å². The molecule has 0 aromatic carbocycles. The number of halogens is 1. The van der Waals surface area contributed by atoms with E-state index >= 15 is 0 Å². The molecule has 0 bridgehead atoms. The summed E-state index contributed by atoms with van der Waals surface area (Å²) in [6.07, 6.45) is 0.861. The van der Waals surface area contributed by atoms with Gasteiger partial charge in [-0.2, -0.15) is 4.31 Å². The summed E-state index contributed by atoms with van der Waals surface area (Å²) in [5, 5.41) is 9.48. The van der Waals surface area contributed by atoms with Gasteiger partial charge < -0.3 is 5.11 Å². The van der Waals surface area contributed by atoms with Crippen molar-refractivity contribution in [3.8, 4) is 0 Å². The Morgan fingerprint density at radius 1 is 1.50 bits per heavy atom. The number of aliphatic hydroxyl groups excluding tert-OH is 1. The molecule has 1 aliphatic heterocycles. The van der Waals surface area contributed by atoms with Crippen molar-refractivity contribution in [2.75, 3.05) is 13.1 Å². The number of nitrogens with zero attached hydrogens (tertiary/aromatic N) is 1. The highest BCUT2D eigenvalue weighted by Crippen LogP contribution is 2.29. The van der Waals surface area contributed by atoms with Crippen LogP contribution in [-0.2, 0) is 10.0 Å². The zero-order chi connectivity index (χ0) is 11.8. The van der Waals surface area contributed by atoms with Gasteiger partial charge in [0.05, 0.1) is 9.89 Å². The third-order valence-electron chi connectivity index (χ3n) is 2.50. The lowest BCUT2D eigenvalue weighted by molar-refractivity contribution is 0.108. The highest BCUT2D eigenvalue weighted by Gasteiger charge is 2.30. The number of sulfonamides is 1. The molecule has 2 heterocycles. The van der Waals surface area contributed by atoms with Crippen molar-refractivity contribution in [1.82, 2.24) is 4.31 Å². The molecule has 1 saturated heterocycles. The van der Waals surface area contributed by atoms with Crippen LogP contribution in [0.2, 0.25) is 0 Å². The number of piperidine rings is 1. The summed E-state index contributed by atoms with van der Waals surface area (Å²) in [6.45, 7) is 0.701. The lowest BCUT2D eigenvalue weighted by atomic mass is 10.1. The lowest BCUT2D eigenvalue weighted by Crippen LogP contribution is -2.41. The molecule has 2 rings (SSSR count). The fraction of sp³-hybridized carbons (Fsp3) is 0.556. The number of aliphatic hydroxyl groups is 1. The van der Waals surface area contributed by atoms with Gasteiger partial charge in [-0.15, -0.1) is 11.3 Å². The van der Waals surface area contributed by atoms with E-state index in [2.05, 4.69) is 15.9 Å². The van der Waals surface area contributed by atoms with Crippen LogP contribution in [-0.4, -0.2) is 37.0 Å². The van der Waals surface area contributed by atoms with Gasteiger partial charge in [-0.3, -0.25) is 0 Å². The molecular weight excluding hydrogens is 314 g/mol. The molecule has 0 spiro atoms. The normalized spacial score (nSPS) is 23.5. The average molecular weight is 326 g/mol. The molecule has 1 aromatic heterocycles. The number of thiophene rings is 1. The smallest absolute Gasteiger partial charge is 0.252 e. The first-order chi connectivity index (χ1) is 7.50. The average Bonchev–Trinajstić information content (AvgIpc) is 2.65. The second-order valence-corrected chi connectivity index (χ2v) is 8.35. The summed E-state index contributed by atoms with van der Waals surface area (Å²) >= 11 is 4.44. The van der Waals surface area contributed by atoms with Crippen molar-refractivity contribution in [1.29, 1.82) is 0 Å². The molecule has 0 amide bonds. The Labute approximate surface area is 107 Å². The minimum atomic E-state index is -3.41. The van der Waals surface area contributed by atoms with Gasteiger partial charge in [-0.25, -0.2) is 8.42 Å². The predicted molar refractivity (Wildman–Crippen MR) is 66.0 cm³/mol.